The number of carbonyl (C=O) groups excluding carboxylic acids is 2. The highest BCUT2D eigenvalue weighted by Gasteiger charge is 2.26. The summed E-state index contributed by atoms with van der Waals surface area (Å²) in [4.78, 5) is 36.5. The van der Waals surface area contributed by atoms with Gasteiger partial charge in [-0.05, 0) is 25.8 Å². The number of ether oxygens (including phenoxy) is 1. The van der Waals surface area contributed by atoms with E-state index in [1.165, 1.54) is 19.3 Å². The van der Waals surface area contributed by atoms with Gasteiger partial charge in [0.1, 0.15) is 5.69 Å². The van der Waals surface area contributed by atoms with E-state index in [4.69, 9.17) is 4.74 Å². The molecule has 2 fully saturated rings. The maximum Gasteiger partial charge on any atom is 0.409 e. The van der Waals surface area contributed by atoms with Crippen molar-refractivity contribution in [1.29, 1.82) is 0 Å². The lowest BCUT2D eigenvalue weighted by atomic mass is 9.96. The smallest absolute Gasteiger partial charge is 0.409 e. The second-order valence-electron chi connectivity index (χ2n) is 6.72. The van der Waals surface area contributed by atoms with Crippen molar-refractivity contribution in [2.24, 2.45) is 0 Å². The highest BCUT2D eigenvalue weighted by molar-refractivity contribution is 5.92. The molecule has 2 aliphatic rings. The summed E-state index contributed by atoms with van der Waals surface area (Å²) in [6, 6.07) is 2.04. The van der Waals surface area contributed by atoms with Crippen LogP contribution < -0.4 is 5.32 Å². The van der Waals surface area contributed by atoms with Crippen LogP contribution in [0.3, 0.4) is 0 Å². The minimum absolute atomic E-state index is 0.123. The summed E-state index contributed by atoms with van der Waals surface area (Å²) >= 11 is 0. The second kappa shape index (κ2) is 8.82. The van der Waals surface area contributed by atoms with Crippen molar-refractivity contribution in [3.05, 3.63) is 18.0 Å². The van der Waals surface area contributed by atoms with Crippen molar-refractivity contribution >= 4 is 17.9 Å². The van der Waals surface area contributed by atoms with Crippen LogP contribution in [0.5, 0.6) is 0 Å². The van der Waals surface area contributed by atoms with E-state index >= 15 is 0 Å². The Morgan fingerprint density at radius 1 is 1.15 bits per heavy atom. The first kappa shape index (κ1) is 18.4. The summed E-state index contributed by atoms with van der Waals surface area (Å²) in [6.45, 7) is 4.05. The zero-order valence-electron chi connectivity index (χ0n) is 15.3. The Hall–Kier alpha value is -2.38. The lowest BCUT2D eigenvalue weighted by Gasteiger charge is -2.33. The van der Waals surface area contributed by atoms with Gasteiger partial charge in [-0.3, -0.25) is 4.79 Å². The molecule has 0 unspecified atom stereocenters. The van der Waals surface area contributed by atoms with Gasteiger partial charge in [0, 0.05) is 38.4 Å². The summed E-state index contributed by atoms with van der Waals surface area (Å²) in [5.41, 5.74) is 0.392. The number of rotatable bonds is 4. The van der Waals surface area contributed by atoms with Gasteiger partial charge in [0.15, 0.2) is 0 Å². The molecular weight excluding hydrogens is 334 g/mol. The van der Waals surface area contributed by atoms with Gasteiger partial charge < -0.3 is 19.9 Å². The first-order chi connectivity index (χ1) is 12.7. The average Bonchev–Trinajstić information content (AvgIpc) is 2.69. The molecule has 1 saturated carbocycles. The summed E-state index contributed by atoms with van der Waals surface area (Å²) in [5, 5.41) is 3.35. The topological polar surface area (TPSA) is 87.7 Å². The Morgan fingerprint density at radius 2 is 1.85 bits per heavy atom. The van der Waals surface area contributed by atoms with Gasteiger partial charge >= 0.3 is 6.09 Å². The quantitative estimate of drug-likeness (QED) is 0.884. The van der Waals surface area contributed by atoms with Crippen LogP contribution in [0.4, 0.5) is 10.7 Å². The van der Waals surface area contributed by atoms with Crippen LogP contribution in [0.25, 0.3) is 0 Å². The van der Waals surface area contributed by atoms with Crippen molar-refractivity contribution in [2.45, 2.75) is 45.1 Å². The fourth-order valence-electron chi connectivity index (χ4n) is 3.45. The number of hydrogen-bond donors (Lipinski definition) is 1. The fourth-order valence-corrected chi connectivity index (χ4v) is 3.45. The molecule has 142 valence electrons. The van der Waals surface area contributed by atoms with E-state index in [0.29, 0.717) is 50.5 Å². The number of nitrogens with one attached hydrogen (secondary N) is 1. The maximum atomic E-state index is 12.7. The molecule has 2 heterocycles. The molecule has 0 aromatic carbocycles. The monoisotopic (exact) mass is 361 g/mol. The van der Waals surface area contributed by atoms with E-state index in [1.54, 1.807) is 29.0 Å². The Balaban J connectivity index is 1.56. The number of nitrogens with zero attached hydrogens (tertiary/aromatic N) is 4. The minimum atomic E-state index is -0.319. The van der Waals surface area contributed by atoms with E-state index < -0.39 is 0 Å². The normalized spacial score (nSPS) is 18.5. The number of amides is 2. The molecule has 1 N–H and O–H groups in total. The van der Waals surface area contributed by atoms with Crippen LogP contribution in [0.2, 0.25) is 0 Å². The van der Waals surface area contributed by atoms with E-state index in [2.05, 4.69) is 15.3 Å². The lowest BCUT2D eigenvalue weighted by Crippen LogP contribution is -2.50. The summed E-state index contributed by atoms with van der Waals surface area (Å²) in [7, 11) is 0. The molecule has 8 nitrogen and oxygen atoms in total. The molecule has 8 heteroatoms. The fraction of sp³-hybridized carbons (Fsp3) is 0.667. The van der Waals surface area contributed by atoms with Gasteiger partial charge in [0.05, 0.1) is 6.61 Å². The van der Waals surface area contributed by atoms with E-state index in [1.807, 2.05) is 0 Å². The predicted octanol–water partition coefficient (Wildman–Crippen LogP) is 2.14. The van der Waals surface area contributed by atoms with Crippen LogP contribution in [0.15, 0.2) is 12.3 Å². The molecular formula is C18H27N5O3. The van der Waals surface area contributed by atoms with Gasteiger partial charge in [-0.15, -0.1) is 0 Å². The molecule has 2 amide bonds. The zero-order valence-corrected chi connectivity index (χ0v) is 15.3. The molecule has 1 aliphatic heterocycles. The molecule has 0 radical (unpaired) electrons. The predicted molar refractivity (Wildman–Crippen MR) is 97.0 cm³/mol. The van der Waals surface area contributed by atoms with Crippen LogP contribution in [0, 0.1) is 0 Å². The number of anilines is 1. The Morgan fingerprint density at radius 3 is 2.54 bits per heavy atom. The average molecular weight is 361 g/mol. The molecule has 1 saturated heterocycles. The Kier molecular flexibility index (Phi) is 6.25. The van der Waals surface area contributed by atoms with E-state index in [-0.39, 0.29) is 12.0 Å². The third-order valence-electron chi connectivity index (χ3n) is 4.91. The molecule has 26 heavy (non-hydrogen) atoms. The van der Waals surface area contributed by atoms with Gasteiger partial charge in [-0.1, -0.05) is 19.3 Å². The van der Waals surface area contributed by atoms with Crippen molar-refractivity contribution in [2.75, 3.05) is 38.1 Å². The summed E-state index contributed by atoms with van der Waals surface area (Å²) < 4.78 is 5.00. The van der Waals surface area contributed by atoms with Crippen molar-refractivity contribution in [3.63, 3.8) is 0 Å². The number of piperazine rings is 1. The number of hydrogen-bond acceptors (Lipinski definition) is 6. The number of carbonyl (C=O) groups is 2. The van der Waals surface area contributed by atoms with Gasteiger partial charge in [0.25, 0.3) is 5.91 Å². The molecule has 1 aliphatic carbocycles. The highest BCUT2D eigenvalue weighted by Crippen LogP contribution is 2.20. The third kappa shape index (κ3) is 4.62. The third-order valence-corrected chi connectivity index (χ3v) is 4.91. The van der Waals surface area contributed by atoms with Crippen molar-refractivity contribution in [3.8, 4) is 0 Å². The molecule has 1 aromatic rings. The summed E-state index contributed by atoms with van der Waals surface area (Å²) in [5.74, 6) is 0.399. The SMILES string of the molecule is CCOC(=O)N1CCN(C(=O)c2ccnc(NC3CCCCC3)n2)CC1. The van der Waals surface area contributed by atoms with E-state index in [9.17, 15) is 9.59 Å². The Labute approximate surface area is 153 Å². The van der Waals surface area contributed by atoms with Crippen LogP contribution in [-0.2, 0) is 4.74 Å². The van der Waals surface area contributed by atoms with Crippen LogP contribution >= 0.6 is 0 Å². The van der Waals surface area contributed by atoms with Crippen molar-refractivity contribution < 1.29 is 14.3 Å². The van der Waals surface area contributed by atoms with Gasteiger partial charge in [0.2, 0.25) is 5.95 Å². The largest absolute Gasteiger partial charge is 0.450 e. The summed E-state index contributed by atoms with van der Waals surface area (Å²) in [6.07, 6.45) is 7.28. The van der Waals surface area contributed by atoms with Gasteiger partial charge in [-0.2, -0.15) is 0 Å². The highest BCUT2D eigenvalue weighted by atomic mass is 16.6. The molecule has 0 bridgehead atoms. The Bertz CT molecular complexity index is 625. The molecule has 3 rings (SSSR count). The standard InChI is InChI=1S/C18H27N5O3/c1-2-26-18(25)23-12-10-22(11-13-23)16(24)15-8-9-19-17(21-15)20-14-6-4-3-5-7-14/h8-9,14H,2-7,10-13H2,1H3,(H,19,20,21). The molecule has 1 aromatic heterocycles. The van der Waals surface area contributed by atoms with E-state index in [0.717, 1.165) is 12.8 Å². The van der Waals surface area contributed by atoms with Crippen LogP contribution in [0.1, 0.15) is 49.5 Å². The number of aromatic nitrogens is 2. The second-order valence-corrected chi connectivity index (χ2v) is 6.72. The lowest BCUT2D eigenvalue weighted by molar-refractivity contribution is 0.0566. The zero-order chi connectivity index (χ0) is 18.4. The maximum absolute atomic E-state index is 12.7. The molecule has 0 spiro atoms. The van der Waals surface area contributed by atoms with Crippen molar-refractivity contribution in [1.82, 2.24) is 19.8 Å². The van der Waals surface area contributed by atoms with Gasteiger partial charge in [-0.25, -0.2) is 14.8 Å². The van der Waals surface area contributed by atoms with Crippen LogP contribution in [-0.4, -0.2) is 70.6 Å². The molecule has 0 atom stereocenters. The minimum Gasteiger partial charge on any atom is -0.450 e. The first-order valence-electron chi connectivity index (χ1n) is 9.48. The first-order valence-corrected chi connectivity index (χ1v) is 9.48.